The van der Waals surface area contributed by atoms with Gasteiger partial charge in [-0.2, -0.15) is 5.10 Å². The van der Waals surface area contributed by atoms with E-state index >= 15 is 0 Å². The molecule has 2 saturated heterocycles. The number of para-hydroxylation sites is 1. The summed E-state index contributed by atoms with van der Waals surface area (Å²) in [6.45, 7) is 5.14. The summed E-state index contributed by atoms with van der Waals surface area (Å²) in [5.41, 5.74) is 1.48. The maximum Gasteiger partial charge on any atom is 0.275 e. The second-order valence-corrected chi connectivity index (χ2v) is 6.22. The Bertz CT molecular complexity index is 680. The van der Waals surface area contributed by atoms with Crippen molar-refractivity contribution >= 4 is 16.8 Å². The summed E-state index contributed by atoms with van der Waals surface area (Å²) in [6.07, 6.45) is 2.46. The van der Waals surface area contributed by atoms with Gasteiger partial charge in [0.2, 0.25) is 0 Å². The molecule has 110 valence electrons. The molecule has 1 aromatic heterocycles. The molecule has 0 spiro atoms. The number of piperazine rings is 1. The van der Waals surface area contributed by atoms with Crippen LogP contribution in [-0.4, -0.2) is 57.6 Å². The molecule has 2 unspecified atom stereocenters. The van der Waals surface area contributed by atoms with E-state index in [0.29, 0.717) is 11.7 Å². The minimum atomic E-state index is 0.0616. The van der Waals surface area contributed by atoms with Crippen LogP contribution in [0.5, 0.6) is 0 Å². The summed E-state index contributed by atoms with van der Waals surface area (Å²) >= 11 is 0. The van der Waals surface area contributed by atoms with Crippen molar-refractivity contribution < 1.29 is 4.79 Å². The second kappa shape index (κ2) is 4.84. The van der Waals surface area contributed by atoms with Crippen molar-refractivity contribution in [2.75, 3.05) is 19.6 Å². The molecule has 2 atom stereocenters. The Morgan fingerprint density at radius 3 is 3.10 bits per heavy atom. The standard InChI is InChI=1S/C16H20N4O/c1-11-9-19-8-4-5-12(19)10-20(11)16(21)15-13-6-2-3-7-14(13)17-18-15/h2-3,6-7,11-12H,4-5,8-10H2,1H3,(H,17,18). The number of rotatable bonds is 1. The highest BCUT2D eigenvalue weighted by Gasteiger charge is 2.37. The second-order valence-electron chi connectivity index (χ2n) is 6.22. The molecule has 0 radical (unpaired) electrons. The van der Waals surface area contributed by atoms with Gasteiger partial charge >= 0.3 is 0 Å². The molecule has 1 N–H and O–H groups in total. The first-order valence-electron chi connectivity index (χ1n) is 7.72. The minimum absolute atomic E-state index is 0.0616. The van der Waals surface area contributed by atoms with Crippen LogP contribution in [0.2, 0.25) is 0 Å². The monoisotopic (exact) mass is 284 g/mol. The van der Waals surface area contributed by atoms with Gasteiger partial charge in [-0.25, -0.2) is 0 Å². The fourth-order valence-electron chi connectivity index (χ4n) is 3.73. The quantitative estimate of drug-likeness (QED) is 0.870. The smallest absolute Gasteiger partial charge is 0.275 e. The number of hydrogen-bond donors (Lipinski definition) is 1. The number of carbonyl (C=O) groups excluding carboxylic acids is 1. The topological polar surface area (TPSA) is 52.2 Å². The van der Waals surface area contributed by atoms with Crippen LogP contribution in [0.25, 0.3) is 10.9 Å². The van der Waals surface area contributed by atoms with Crippen molar-refractivity contribution in [1.82, 2.24) is 20.0 Å². The summed E-state index contributed by atoms with van der Waals surface area (Å²) in [4.78, 5) is 17.4. The number of fused-ring (bicyclic) bond motifs is 2. The molecule has 2 aliphatic rings. The van der Waals surface area contributed by atoms with Gasteiger partial charge in [0, 0.05) is 30.6 Å². The Morgan fingerprint density at radius 2 is 2.19 bits per heavy atom. The number of carbonyl (C=O) groups is 1. The van der Waals surface area contributed by atoms with Crippen LogP contribution < -0.4 is 0 Å². The molecular formula is C16H20N4O. The number of nitrogens with one attached hydrogen (secondary N) is 1. The van der Waals surface area contributed by atoms with E-state index < -0.39 is 0 Å². The van der Waals surface area contributed by atoms with E-state index in [-0.39, 0.29) is 11.9 Å². The molecule has 2 fully saturated rings. The Morgan fingerprint density at radius 1 is 1.33 bits per heavy atom. The fourth-order valence-corrected chi connectivity index (χ4v) is 3.73. The molecule has 3 heterocycles. The van der Waals surface area contributed by atoms with Crippen LogP contribution in [0.15, 0.2) is 24.3 Å². The average molecular weight is 284 g/mol. The third-order valence-corrected chi connectivity index (χ3v) is 4.87. The third kappa shape index (κ3) is 2.03. The van der Waals surface area contributed by atoms with Gasteiger partial charge in [-0.1, -0.05) is 18.2 Å². The van der Waals surface area contributed by atoms with Crippen molar-refractivity contribution in [3.63, 3.8) is 0 Å². The zero-order chi connectivity index (χ0) is 14.4. The molecule has 21 heavy (non-hydrogen) atoms. The Kier molecular flexibility index (Phi) is 2.96. The predicted octanol–water partition coefficient (Wildman–Crippen LogP) is 1.87. The van der Waals surface area contributed by atoms with Crippen molar-refractivity contribution in [3.05, 3.63) is 30.0 Å². The first-order chi connectivity index (χ1) is 10.2. The lowest BCUT2D eigenvalue weighted by Gasteiger charge is -2.42. The van der Waals surface area contributed by atoms with Crippen molar-refractivity contribution in [2.45, 2.75) is 31.8 Å². The van der Waals surface area contributed by atoms with Gasteiger partial charge in [-0.3, -0.25) is 14.8 Å². The lowest BCUT2D eigenvalue weighted by molar-refractivity contribution is 0.0392. The predicted molar refractivity (Wildman–Crippen MR) is 81.2 cm³/mol. The van der Waals surface area contributed by atoms with E-state index in [1.165, 1.54) is 19.4 Å². The Labute approximate surface area is 123 Å². The normalized spacial score (nSPS) is 26.2. The van der Waals surface area contributed by atoms with E-state index in [1.54, 1.807) is 0 Å². The van der Waals surface area contributed by atoms with Crippen LogP contribution in [-0.2, 0) is 0 Å². The van der Waals surface area contributed by atoms with Gasteiger partial charge in [0.15, 0.2) is 5.69 Å². The molecular weight excluding hydrogens is 264 g/mol. The number of aromatic nitrogens is 2. The summed E-state index contributed by atoms with van der Waals surface area (Å²) in [7, 11) is 0. The van der Waals surface area contributed by atoms with Gasteiger partial charge in [0.25, 0.3) is 5.91 Å². The summed E-state index contributed by atoms with van der Waals surface area (Å²) in [6, 6.07) is 8.61. The number of H-pyrrole nitrogens is 1. The van der Waals surface area contributed by atoms with E-state index in [4.69, 9.17) is 0 Å². The van der Waals surface area contributed by atoms with E-state index in [2.05, 4.69) is 22.0 Å². The van der Waals surface area contributed by atoms with Crippen LogP contribution in [0.4, 0.5) is 0 Å². The van der Waals surface area contributed by atoms with E-state index in [9.17, 15) is 4.79 Å². The zero-order valence-electron chi connectivity index (χ0n) is 12.2. The summed E-state index contributed by atoms with van der Waals surface area (Å²) < 4.78 is 0. The SMILES string of the molecule is CC1CN2CCCC2CN1C(=O)c1n[nH]c2ccccc12. The van der Waals surface area contributed by atoms with Crippen molar-refractivity contribution in [1.29, 1.82) is 0 Å². The van der Waals surface area contributed by atoms with E-state index in [0.717, 1.165) is 24.0 Å². The molecule has 2 aliphatic heterocycles. The minimum Gasteiger partial charge on any atom is -0.332 e. The number of hydrogen-bond acceptors (Lipinski definition) is 3. The lowest BCUT2D eigenvalue weighted by atomic mass is 10.1. The van der Waals surface area contributed by atoms with Gasteiger partial charge in [0.1, 0.15) is 0 Å². The average Bonchev–Trinajstić information content (AvgIpc) is 3.11. The molecule has 0 bridgehead atoms. The number of amides is 1. The zero-order valence-corrected chi connectivity index (χ0v) is 12.2. The molecule has 2 aromatic rings. The highest BCUT2D eigenvalue weighted by molar-refractivity contribution is 6.04. The van der Waals surface area contributed by atoms with Crippen LogP contribution >= 0.6 is 0 Å². The van der Waals surface area contributed by atoms with Gasteiger partial charge in [-0.15, -0.1) is 0 Å². The van der Waals surface area contributed by atoms with Crippen LogP contribution in [0.1, 0.15) is 30.3 Å². The Balaban J connectivity index is 1.64. The highest BCUT2D eigenvalue weighted by atomic mass is 16.2. The van der Waals surface area contributed by atoms with Gasteiger partial charge in [-0.05, 0) is 32.4 Å². The van der Waals surface area contributed by atoms with Crippen LogP contribution in [0.3, 0.4) is 0 Å². The molecule has 0 aliphatic carbocycles. The van der Waals surface area contributed by atoms with Crippen molar-refractivity contribution in [2.24, 2.45) is 0 Å². The van der Waals surface area contributed by atoms with Gasteiger partial charge < -0.3 is 4.90 Å². The highest BCUT2D eigenvalue weighted by Crippen LogP contribution is 2.26. The first kappa shape index (κ1) is 12.8. The number of benzene rings is 1. The first-order valence-corrected chi connectivity index (χ1v) is 7.72. The molecule has 5 nitrogen and oxygen atoms in total. The molecule has 1 amide bonds. The van der Waals surface area contributed by atoms with Gasteiger partial charge in [0.05, 0.1) is 5.52 Å². The van der Waals surface area contributed by atoms with Crippen molar-refractivity contribution in [3.8, 4) is 0 Å². The largest absolute Gasteiger partial charge is 0.332 e. The molecule has 5 heteroatoms. The third-order valence-electron chi connectivity index (χ3n) is 4.87. The van der Waals surface area contributed by atoms with Crippen LogP contribution in [0, 0.1) is 0 Å². The molecule has 0 saturated carbocycles. The number of nitrogens with zero attached hydrogens (tertiary/aromatic N) is 3. The fraction of sp³-hybridized carbons (Fsp3) is 0.500. The molecule has 4 rings (SSSR count). The lowest BCUT2D eigenvalue weighted by Crippen LogP contribution is -2.56. The molecule has 1 aromatic carbocycles. The maximum absolute atomic E-state index is 12.9. The summed E-state index contributed by atoms with van der Waals surface area (Å²) in [5.74, 6) is 0.0616. The number of aromatic amines is 1. The summed E-state index contributed by atoms with van der Waals surface area (Å²) in [5, 5.41) is 8.14. The van der Waals surface area contributed by atoms with E-state index in [1.807, 2.05) is 29.2 Å². The maximum atomic E-state index is 12.9. The Hall–Kier alpha value is -1.88.